The van der Waals surface area contributed by atoms with Crippen LogP contribution in [0.2, 0.25) is 5.02 Å². The molecular weight excluding hydrogens is 454 g/mol. The molecule has 0 aliphatic carbocycles. The van der Waals surface area contributed by atoms with Crippen molar-refractivity contribution in [1.29, 1.82) is 5.26 Å². The quantitative estimate of drug-likeness (QED) is 0.579. The maximum Gasteiger partial charge on any atom is 0.324 e. The Morgan fingerprint density at radius 1 is 1.25 bits per heavy atom. The number of hydrogen-bond donors (Lipinski definition) is 1. The molecule has 9 nitrogen and oxygen atoms in total. The Kier molecular flexibility index (Phi) is 6.52. The van der Waals surface area contributed by atoms with Crippen LogP contribution < -0.4 is 15.0 Å². The maximum absolute atomic E-state index is 12.4. The van der Waals surface area contributed by atoms with Crippen LogP contribution in [-0.2, 0) is 17.1 Å². The average Bonchev–Trinajstić information content (AvgIpc) is 2.72. The van der Waals surface area contributed by atoms with Crippen molar-refractivity contribution in [2.75, 3.05) is 4.72 Å². The van der Waals surface area contributed by atoms with Crippen molar-refractivity contribution in [3.63, 3.8) is 0 Å². The lowest BCUT2D eigenvalue weighted by molar-refractivity contribution is 0.442. The second kappa shape index (κ2) is 8.98. The first-order valence-electron chi connectivity index (χ1n) is 9.46. The van der Waals surface area contributed by atoms with Gasteiger partial charge in [0.25, 0.3) is 5.56 Å². The lowest BCUT2D eigenvalue weighted by Crippen LogP contribution is -2.23. The standard InChI is InChI=1S/C21H20ClN5O4S/c1-12(2)32(29,30)26-18-9-17(15-8-13(3)20(28)27(4)11-15)24-21(25-18)31-19-14(10-23)6-5-7-16(19)22/h5-9,11-12H,1-4H3,(H,24,25,26). The first-order chi connectivity index (χ1) is 15.0. The molecule has 166 valence electrons. The molecule has 2 heterocycles. The Balaban J connectivity index is 2.18. The van der Waals surface area contributed by atoms with Crippen molar-refractivity contribution >= 4 is 27.4 Å². The molecule has 1 N–H and O–H groups in total. The highest BCUT2D eigenvalue weighted by molar-refractivity contribution is 7.93. The van der Waals surface area contributed by atoms with Crippen molar-refractivity contribution in [1.82, 2.24) is 14.5 Å². The maximum atomic E-state index is 12.4. The molecule has 0 spiro atoms. The van der Waals surface area contributed by atoms with E-state index in [1.165, 1.54) is 30.5 Å². The Hall–Kier alpha value is -3.42. The summed E-state index contributed by atoms with van der Waals surface area (Å²) >= 11 is 6.18. The summed E-state index contributed by atoms with van der Waals surface area (Å²) in [5.74, 6) is 0.0129. The van der Waals surface area contributed by atoms with Gasteiger partial charge in [-0.15, -0.1) is 0 Å². The molecule has 0 unspecified atom stereocenters. The van der Waals surface area contributed by atoms with Crippen LogP contribution >= 0.6 is 11.6 Å². The van der Waals surface area contributed by atoms with E-state index in [-0.39, 0.29) is 33.7 Å². The number of para-hydroxylation sites is 1. The zero-order valence-electron chi connectivity index (χ0n) is 17.7. The topological polar surface area (TPSA) is 127 Å². The number of nitrogens with zero attached hydrogens (tertiary/aromatic N) is 4. The molecule has 0 radical (unpaired) electrons. The van der Waals surface area contributed by atoms with Gasteiger partial charge in [-0.1, -0.05) is 17.7 Å². The number of nitrogens with one attached hydrogen (secondary N) is 1. The summed E-state index contributed by atoms with van der Waals surface area (Å²) in [6.45, 7) is 4.72. The van der Waals surface area contributed by atoms with Gasteiger partial charge >= 0.3 is 6.01 Å². The van der Waals surface area contributed by atoms with E-state index in [1.54, 1.807) is 38.4 Å². The van der Waals surface area contributed by atoms with Crippen LogP contribution in [0.3, 0.4) is 0 Å². The van der Waals surface area contributed by atoms with E-state index >= 15 is 0 Å². The minimum absolute atomic E-state index is 0.0317. The number of ether oxygens (including phenoxy) is 1. The van der Waals surface area contributed by atoms with E-state index in [2.05, 4.69) is 14.7 Å². The smallest absolute Gasteiger partial charge is 0.324 e. The molecule has 0 aliphatic heterocycles. The summed E-state index contributed by atoms with van der Waals surface area (Å²) in [5, 5.41) is 8.81. The number of benzene rings is 1. The monoisotopic (exact) mass is 473 g/mol. The Morgan fingerprint density at radius 3 is 2.59 bits per heavy atom. The van der Waals surface area contributed by atoms with E-state index in [1.807, 2.05) is 6.07 Å². The molecule has 0 amide bonds. The van der Waals surface area contributed by atoms with Crippen molar-refractivity contribution in [3.8, 4) is 29.1 Å². The third-order valence-electron chi connectivity index (χ3n) is 4.51. The van der Waals surface area contributed by atoms with Crippen molar-refractivity contribution in [2.24, 2.45) is 7.05 Å². The fraction of sp³-hybridized carbons (Fsp3) is 0.238. The van der Waals surface area contributed by atoms with Crippen LogP contribution in [-0.4, -0.2) is 28.2 Å². The summed E-state index contributed by atoms with van der Waals surface area (Å²) in [5.41, 5.74) is 1.32. The molecule has 3 rings (SSSR count). The second-order valence-electron chi connectivity index (χ2n) is 7.28. The fourth-order valence-electron chi connectivity index (χ4n) is 2.74. The second-order valence-corrected chi connectivity index (χ2v) is 9.92. The van der Waals surface area contributed by atoms with Crippen LogP contribution in [0, 0.1) is 18.3 Å². The molecule has 32 heavy (non-hydrogen) atoms. The normalized spacial score (nSPS) is 11.3. The van der Waals surface area contributed by atoms with E-state index in [4.69, 9.17) is 16.3 Å². The van der Waals surface area contributed by atoms with Crippen LogP contribution in [0.15, 0.2) is 41.3 Å². The molecule has 11 heteroatoms. The van der Waals surface area contributed by atoms with Crippen molar-refractivity contribution in [3.05, 3.63) is 63.0 Å². The number of halogens is 1. The Morgan fingerprint density at radius 2 is 1.97 bits per heavy atom. The molecule has 0 saturated heterocycles. The van der Waals surface area contributed by atoms with Crippen LogP contribution in [0.25, 0.3) is 11.3 Å². The predicted octanol–water partition coefficient (Wildman–Crippen LogP) is 3.62. The summed E-state index contributed by atoms with van der Waals surface area (Å²) in [6.07, 6.45) is 1.57. The van der Waals surface area contributed by atoms with Gasteiger partial charge in [0.2, 0.25) is 10.0 Å². The van der Waals surface area contributed by atoms with Gasteiger partial charge in [-0.25, -0.2) is 8.42 Å². The van der Waals surface area contributed by atoms with E-state index in [9.17, 15) is 18.5 Å². The molecule has 3 aromatic rings. The number of nitriles is 1. The van der Waals surface area contributed by atoms with Gasteiger partial charge in [0.15, 0.2) is 5.75 Å². The Bertz CT molecular complexity index is 1370. The number of rotatable bonds is 6. The zero-order valence-corrected chi connectivity index (χ0v) is 19.3. The Labute approximate surface area is 190 Å². The highest BCUT2D eigenvalue weighted by Crippen LogP contribution is 2.33. The predicted molar refractivity (Wildman–Crippen MR) is 121 cm³/mol. The number of aromatic nitrogens is 3. The SMILES string of the molecule is Cc1cc(-c2cc(NS(=O)(=O)C(C)C)nc(Oc3c(Cl)cccc3C#N)n2)cn(C)c1=O. The van der Waals surface area contributed by atoms with Gasteiger partial charge in [0, 0.05) is 30.4 Å². The number of pyridine rings is 1. The van der Waals surface area contributed by atoms with Gasteiger partial charge in [-0.2, -0.15) is 15.2 Å². The lowest BCUT2D eigenvalue weighted by Gasteiger charge is -2.14. The zero-order chi connectivity index (χ0) is 23.6. The minimum atomic E-state index is -3.71. The molecule has 2 aromatic heterocycles. The molecule has 0 aliphatic rings. The van der Waals surface area contributed by atoms with Crippen LogP contribution in [0.4, 0.5) is 5.82 Å². The number of aryl methyl sites for hydroxylation is 2. The molecule has 0 atom stereocenters. The summed E-state index contributed by atoms with van der Waals surface area (Å²) in [6, 6.07) is 9.48. The van der Waals surface area contributed by atoms with Crippen LogP contribution in [0.1, 0.15) is 25.0 Å². The molecular formula is C21H20ClN5O4S. The van der Waals surface area contributed by atoms with Gasteiger partial charge < -0.3 is 9.30 Å². The van der Waals surface area contributed by atoms with E-state index in [0.717, 1.165) is 0 Å². The van der Waals surface area contributed by atoms with Gasteiger partial charge in [-0.05, 0) is 39.0 Å². The van der Waals surface area contributed by atoms with E-state index < -0.39 is 15.3 Å². The summed E-state index contributed by atoms with van der Waals surface area (Å²) < 4.78 is 34.3. The van der Waals surface area contributed by atoms with E-state index in [0.29, 0.717) is 16.8 Å². The number of anilines is 1. The minimum Gasteiger partial charge on any atom is -0.421 e. The van der Waals surface area contributed by atoms with Gasteiger partial charge in [0.1, 0.15) is 11.9 Å². The highest BCUT2D eigenvalue weighted by atomic mass is 35.5. The molecule has 1 aromatic carbocycles. The third-order valence-corrected chi connectivity index (χ3v) is 6.54. The van der Waals surface area contributed by atoms with Gasteiger partial charge in [-0.3, -0.25) is 9.52 Å². The first kappa shape index (κ1) is 23.2. The average molecular weight is 474 g/mol. The fourth-order valence-corrected chi connectivity index (χ4v) is 3.59. The van der Waals surface area contributed by atoms with Crippen LogP contribution in [0.5, 0.6) is 11.8 Å². The summed E-state index contributed by atoms with van der Waals surface area (Å²) in [7, 11) is -2.11. The highest BCUT2D eigenvalue weighted by Gasteiger charge is 2.20. The van der Waals surface area contributed by atoms with Gasteiger partial charge in [0.05, 0.1) is 21.5 Å². The summed E-state index contributed by atoms with van der Waals surface area (Å²) in [4.78, 5) is 20.6. The number of hydrogen-bond acceptors (Lipinski definition) is 7. The third kappa shape index (κ3) is 4.90. The van der Waals surface area contributed by atoms with Crippen molar-refractivity contribution < 1.29 is 13.2 Å². The molecule has 0 fully saturated rings. The van der Waals surface area contributed by atoms with Crippen molar-refractivity contribution in [2.45, 2.75) is 26.0 Å². The first-order valence-corrected chi connectivity index (χ1v) is 11.4. The number of sulfonamides is 1. The largest absolute Gasteiger partial charge is 0.421 e. The molecule has 0 saturated carbocycles. The lowest BCUT2D eigenvalue weighted by atomic mass is 10.1. The molecule has 0 bridgehead atoms.